The van der Waals surface area contributed by atoms with E-state index < -0.39 is 5.24 Å². The summed E-state index contributed by atoms with van der Waals surface area (Å²) in [5.41, 5.74) is 2.78. The van der Waals surface area contributed by atoms with Gasteiger partial charge in [-0.1, -0.05) is 6.07 Å². The monoisotopic (exact) mass is 557 g/mol. The molecule has 12 nitrogen and oxygen atoms in total. The molecule has 2 aromatic heterocycles. The van der Waals surface area contributed by atoms with Crippen LogP contribution >= 0.6 is 0 Å². The van der Waals surface area contributed by atoms with Gasteiger partial charge in [-0.2, -0.15) is 5.10 Å². The van der Waals surface area contributed by atoms with Crippen molar-refractivity contribution in [2.24, 2.45) is 5.92 Å². The lowest BCUT2D eigenvalue weighted by Crippen LogP contribution is -2.50. The molecule has 1 aliphatic carbocycles. The zero-order valence-corrected chi connectivity index (χ0v) is 24.0. The normalized spacial score (nSPS) is 12.8. The van der Waals surface area contributed by atoms with Crippen molar-refractivity contribution in [3.05, 3.63) is 48.3 Å². The number of hydrogen-bond acceptors (Lipinski definition) is 8. The molecule has 1 saturated carbocycles. The van der Waals surface area contributed by atoms with Gasteiger partial charge in [-0.3, -0.25) is 19.1 Å². The van der Waals surface area contributed by atoms with E-state index in [1.165, 1.54) is 13.3 Å². The minimum absolute atomic E-state index is 0.00673. The fourth-order valence-corrected chi connectivity index (χ4v) is 4.11. The summed E-state index contributed by atoms with van der Waals surface area (Å²) in [7, 11) is 8.73. The molecule has 3 amide bonds. The number of hydrogen-bond donors (Lipinski definition) is 4. The summed E-state index contributed by atoms with van der Waals surface area (Å²) < 4.78 is 12.4. The minimum Gasteiger partial charge on any atom is -0.494 e. The van der Waals surface area contributed by atoms with Gasteiger partial charge < -0.3 is 30.7 Å². The van der Waals surface area contributed by atoms with E-state index >= 15 is 0 Å². The maximum Gasteiger partial charge on any atom is 0.253 e. The third-order valence-electron chi connectivity index (χ3n) is 6.18. The van der Waals surface area contributed by atoms with Crippen molar-refractivity contribution in [2.45, 2.75) is 24.6 Å². The lowest BCUT2D eigenvalue weighted by molar-refractivity contribution is -0.124. The van der Waals surface area contributed by atoms with Gasteiger partial charge in [0, 0.05) is 43.6 Å². The number of amides is 3. The number of carbonyl (C=O) groups excluding carboxylic acids is 3. The largest absolute Gasteiger partial charge is 0.494 e. The van der Waals surface area contributed by atoms with Crippen LogP contribution < -0.4 is 26.0 Å². The van der Waals surface area contributed by atoms with E-state index in [4.69, 9.17) is 9.47 Å². The Morgan fingerprint density at radius 2 is 1.90 bits per heavy atom. The molecule has 0 saturated heterocycles. The Bertz CT molecular complexity index is 1420. The Morgan fingerprint density at radius 3 is 2.59 bits per heavy atom. The number of pyridine rings is 1. The second kappa shape index (κ2) is 12.9. The van der Waals surface area contributed by atoms with E-state index in [1.807, 2.05) is 54.0 Å². The standard InChI is InChI=1S/C26H34B3N7O5/c1-40-14-22(37)30-9-11-36-10-8-18(35-36)16-4-3-5-19(23(16)41-2)32-20-12-21(33-24(38)15-6-7-15)31-13-17(20)25(39)34-26(27,28)29/h3-5,8,10,12-13,15H,6-7,9,11,14,27-29H2,1-2H3,(H,30,37)(H,34,39)(H2,31,32,33,38). The van der Waals surface area contributed by atoms with Crippen LogP contribution in [0.5, 0.6) is 5.75 Å². The molecular weight excluding hydrogens is 523 g/mol. The molecule has 0 atom stereocenters. The Hall–Kier alpha value is -4.26. The van der Waals surface area contributed by atoms with Crippen LogP contribution in [0.1, 0.15) is 23.2 Å². The third kappa shape index (κ3) is 8.13. The molecule has 1 aromatic carbocycles. The average Bonchev–Trinajstić information content (AvgIpc) is 3.66. The Kier molecular flexibility index (Phi) is 9.38. The van der Waals surface area contributed by atoms with Gasteiger partial charge in [0.25, 0.3) is 5.91 Å². The van der Waals surface area contributed by atoms with Crippen molar-refractivity contribution >= 4 is 58.5 Å². The highest BCUT2D eigenvalue weighted by Crippen LogP contribution is 2.38. The van der Waals surface area contributed by atoms with E-state index in [0.29, 0.717) is 47.3 Å². The summed E-state index contributed by atoms with van der Waals surface area (Å²) in [5.74, 6) is 0.303. The number of benzene rings is 1. The van der Waals surface area contributed by atoms with Crippen molar-refractivity contribution < 1.29 is 23.9 Å². The summed E-state index contributed by atoms with van der Waals surface area (Å²) >= 11 is 0. The van der Waals surface area contributed by atoms with Crippen LogP contribution in [0.4, 0.5) is 17.2 Å². The van der Waals surface area contributed by atoms with Gasteiger partial charge in [0.15, 0.2) is 5.75 Å². The lowest BCUT2D eigenvalue weighted by atomic mass is 9.49. The molecule has 41 heavy (non-hydrogen) atoms. The van der Waals surface area contributed by atoms with Crippen LogP contribution in [0.25, 0.3) is 11.3 Å². The number of methoxy groups -OCH3 is 2. The van der Waals surface area contributed by atoms with Crippen molar-refractivity contribution in [1.29, 1.82) is 0 Å². The number of ether oxygens (including phenoxy) is 2. The SMILES string of the molecule is BC(B)(B)NC(=O)c1cnc(NC(=O)C2CC2)cc1Nc1cccc(-c2ccn(CCNC(=O)COC)n2)c1OC. The fraction of sp³-hybridized carbons (Fsp3) is 0.346. The molecule has 0 radical (unpaired) electrons. The van der Waals surface area contributed by atoms with Crippen LogP contribution in [0, 0.1) is 5.92 Å². The Balaban J connectivity index is 1.60. The van der Waals surface area contributed by atoms with E-state index in [2.05, 4.69) is 31.3 Å². The molecular formula is C26H34B3N7O5. The summed E-state index contributed by atoms with van der Waals surface area (Å²) in [4.78, 5) is 41.5. The van der Waals surface area contributed by atoms with Crippen LogP contribution in [-0.4, -0.2) is 88.6 Å². The number of anilines is 3. The van der Waals surface area contributed by atoms with E-state index in [9.17, 15) is 14.4 Å². The highest BCUT2D eigenvalue weighted by Gasteiger charge is 2.30. The van der Waals surface area contributed by atoms with Crippen molar-refractivity contribution in [2.75, 3.05) is 38.0 Å². The number of carbonyl (C=O) groups is 3. The molecule has 1 aliphatic rings. The first-order valence-corrected chi connectivity index (χ1v) is 13.4. The zero-order valence-electron chi connectivity index (χ0n) is 24.0. The predicted octanol–water partition coefficient (Wildman–Crippen LogP) is -0.951. The molecule has 3 aromatic rings. The molecule has 4 N–H and O–H groups in total. The number of nitrogens with zero attached hydrogens (tertiary/aromatic N) is 3. The molecule has 0 aliphatic heterocycles. The van der Waals surface area contributed by atoms with E-state index in [0.717, 1.165) is 18.4 Å². The summed E-state index contributed by atoms with van der Waals surface area (Å²) in [6, 6.07) is 9.09. The number of rotatable bonds is 13. The molecule has 4 rings (SSSR count). The first kappa shape index (κ1) is 29.7. The fourth-order valence-electron chi connectivity index (χ4n) is 4.11. The smallest absolute Gasteiger partial charge is 0.253 e. The third-order valence-corrected chi connectivity index (χ3v) is 6.18. The summed E-state index contributed by atoms with van der Waals surface area (Å²) in [5, 5.41) is 16.1. The van der Waals surface area contributed by atoms with Gasteiger partial charge >= 0.3 is 0 Å². The van der Waals surface area contributed by atoms with Gasteiger partial charge in [0.1, 0.15) is 36.0 Å². The molecule has 212 valence electrons. The average molecular weight is 557 g/mol. The Morgan fingerprint density at radius 1 is 1.12 bits per heavy atom. The van der Waals surface area contributed by atoms with Gasteiger partial charge in [-0.05, 0) is 36.3 Å². The second-order valence-electron chi connectivity index (χ2n) is 10.8. The van der Waals surface area contributed by atoms with E-state index in [-0.39, 0.29) is 30.2 Å². The quantitative estimate of drug-likeness (QED) is 0.197. The highest BCUT2D eigenvalue weighted by molar-refractivity contribution is 6.60. The van der Waals surface area contributed by atoms with E-state index in [1.54, 1.807) is 17.9 Å². The first-order valence-electron chi connectivity index (χ1n) is 13.4. The van der Waals surface area contributed by atoms with Crippen molar-refractivity contribution in [1.82, 2.24) is 25.4 Å². The van der Waals surface area contributed by atoms with Crippen molar-refractivity contribution in [3.63, 3.8) is 0 Å². The molecule has 2 heterocycles. The van der Waals surface area contributed by atoms with Crippen molar-refractivity contribution in [3.8, 4) is 17.0 Å². The maximum atomic E-state index is 13.2. The molecule has 0 bridgehead atoms. The molecule has 0 spiro atoms. The van der Waals surface area contributed by atoms with Gasteiger partial charge in [-0.25, -0.2) is 4.98 Å². The number of aromatic nitrogens is 3. The van der Waals surface area contributed by atoms with Crippen LogP contribution in [0.3, 0.4) is 0 Å². The van der Waals surface area contributed by atoms with Gasteiger partial charge in [-0.15, -0.1) is 0 Å². The predicted molar refractivity (Wildman–Crippen MR) is 164 cm³/mol. The highest BCUT2D eigenvalue weighted by atomic mass is 16.5. The Labute approximate surface area is 241 Å². The summed E-state index contributed by atoms with van der Waals surface area (Å²) in [6.07, 6.45) is 5.01. The molecule has 1 fully saturated rings. The topological polar surface area (TPSA) is 148 Å². The second-order valence-corrected chi connectivity index (χ2v) is 10.8. The molecule has 0 unspecified atom stereocenters. The summed E-state index contributed by atoms with van der Waals surface area (Å²) in [6.45, 7) is 0.893. The first-order chi connectivity index (χ1) is 19.6. The number of nitrogens with one attached hydrogen (secondary N) is 4. The zero-order chi connectivity index (χ0) is 29.6. The van der Waals surface area contributed by atoms with Crippen LogP contribution in [0.15, 0.2) is 42.7 Å². The van der Waals surface area contributed by atoms with Crippen LogP contribution in [-0.2, 0) is 20.9 Å². The maximum absolute atomic E-state index is 13.2. The van der Waals surface area contributed by atoms with Gasteiger partial charge in [0.2, 0.25) is 11.8 Å². The number of para-hydroxylation sites is 1. The minimum atomic E-state index is -0.462. The molecule has 15 heteroatoms. The van der Waals surface area contributed by atoms with Gasteiger partial charge in [0.05, 0.1) is 36.3 Å². The van der Waals surface area contributed by atoms with Crippen LogP contribution in [0.2, 0.25) is 0 Å². The lowest BCUT2D eigenvalue weighted by Gasteiger charge is -2.22.